The molecule has 0 N–H and O–H groups in total. The molecule has 0 bridgehead atoms. The number of nitrogens with zero attached hydrogens (tertiary/aromatic N) is 5. The second-order valence-corrected chi connectivity index (χ2v) is 11.8. The number of anilines is 2. The summed E-state index contributed by atoms with van der Waals surface area (Å²) in [5.74, 6) is -0.529. The van der Waals surface area contributed by atoms with E-state index in [0.717, 1.165) is 15.4 Å². The van der Waals surface area contributed by atoms with Gasteiger partial charge in [-0.2, -0.15) is 8.42 Å². The third-order valence-electron chi connectivity index (χ3n) is 7.43. The zero-order valence-corrected chi connectivity index (χ0v) is 25.8. The number of allylic oxidation sites excluding steroid dienone is 5. The third kappa shape index (κ3) is 5.65. The van der Waals surface area contributed by atoms with E-state index in [1.165, 1.54) is 24.3 Å². The van der Waals surface area contributed by atoms with E-state index in [9.17, 15) is 13.2 Å². The Hall–Kier alpha value is -3.76. The maximum atomic E-state index is 15.1. The summed E-state index contributed by atoms with van der Waals surface area (Å²) in [6.45, 7) is 15.6. The monoisotopic (exact) mass is 611 g/mol. The second kappa shape index (κ2) is 12.6. The van der Waals surface area contributed by atoms with Gasteiger partial charge in [0.15, 0.2) is 11.7 Å². The van der Waals surface area contributed by atoms with Crippen molar-refractivity contribution in [1.29, 1.82) is 0 Å². The molecular formula is C31H35ClFN5O3S. The van der Waals surface area contributed by atoms with Crippen molar-refractivity contribution < 1.29 is 17.6 Å². The number of piperazine rings is 1. The summed E-state index contributed by atoms with van der Waals surface area (Å²) in [5.41, 5.74) is 2.61. The first-order chi connectivity index (χ1) is 20.0. The predicted molar refractivity (Wildman–Crippen MR) is 168 cm³/mol. The minimum absolute atomic E-state index is 0.0747. The van der Waals surface area contributed by atoms with E-state index in [1.54, 1.807) is 17.9 Å². The van der Waals surface area contributed by atoms with Gasteiger partial charge in [0.05, 0.1) is 22.0 Å². The van der Waals surface area contributed by atoms with Crippen molar-refractivity contribution in [3.8, 4) is 0 Å². The molecule has 0 aliphatic carbocycles. The number of aryl methyl sites for hydroxylation is 2. The molecule has 0 radical (unpaired) electrons. The Labute approximate surface area is 252 Å². The number of rotatable bonds is 7. The molecule has 2 aromatic rings. The van der Waals surface area contributed by atoms with Gasteiger partial charge in [-0.3, -0.25) is 4.79 Å². The summed E-state index contributed by atoms with van der Waals surface area (Å²) in [6, 6.07) is 6.96. The molecule has 0 spiro atoms. The molecule has 3 heterocycles. The van der Waals surface area contributed by atoms with Gasteiger partial charge in [0.25, 0.3) is 0 Å². The largest absolute Gasteiger partial charge is 0.352 e. The lowest BCUT2D eigenvalue weighted by Crippen LogP contribution is -2.56. The number of amidine groups is 1. The van der Waals surface area contributed by atoms with Gasteiger partial charge in [0, 0.05) is 31.2 Å². The highest BCUT2D eigenvalue weighted by molar-refractivity contribution is 7.92. The molecule has 11 heteroatoms. The highest BCUT2D eigenvalue weighted by Crippen LogP contribution is 2.43. The Balaban J connectivity index is 2.02. The summed E-state index contributed by atoms with van der Waals surface area (Å²) in [5, 5.41) is 0.124. The van der Waals surface area contributed by atoms with Crippen LogP contribution in [0.5, 0.6) is 0 Å². The first-order valence-electron chi connectivity index (χ1n) is 13.8. The third-order valence-corrected chi connectivity index (χ3v) is 8.93. The molecule has 222 valence electrons. The number of carbonyl (C=O) groups is 1. The van der Waals surface area contributed by atoms with Gasteiger partial charge in [-0.05, 0) is 50.0 Å². The molecular weight excluding hydrogens is 577 g/mol. The molecule has 1 amide bonds. The average Bonchev–Trinajstić information content (AvgIpc) is 2.98. The molecule has 8 nitrogen and oxygen atoms in total. The highest BCUT2D eigenvalue weighted by atomic mass is 35.5. The van der Waals surface area contributed by atoms with Crippen LogP contribution in [0.4, 0.5) is 15.9 Å². The van der Waals surface area contributed by atoms with Gasteiger partial charge in [0.1, 0.15) is 5.83 Å². The Bertz CT molecular complexity index is 1610. The van der Waals surface area contributed by atoms with E-state index in [0.29, 0.717) is 43.7 Å². The molecule has 0 saturated carbocycles. The molecule has 1 aromatic carbocycles. The number of carbonyl (C=O) groups excluding carboxylic acids is 1. The van der Waals surface area contributed by atoms with Crippen LogP contribution >= 0.6 is 11.6 Å². The van der Waals surface area contributed by atoms with Gasteiger partial charge in [-0.15, -0.1) is 4.40 Å². The van der Waals surface area contributed by atoms with Crippen molar-refractivity contribution in [2.75, 3.05) is 23.9 Å². The molecule has 4 rings (SSSR count). The summed E-state index contributed by atoms with van der Waals surface area (Å²) >= 11 is 6.76. The minimum Gasteiger partial charge on any atom is -0.349 e. The standard InChI is InChI=1S/C31H35ClFN5O3S/c1-7-13-23(26(33)10-4)28-25(32)18-24-30(34-28)38(29-21(8-2)14-12-15-22(29)9-3)42(40,41)35-31(24)37-17-16-36(19-20(37)6)27(39)11-5/h7,10-15,18,20H,1,5,8-9,16-17,19H2,2-4,6H3/b23-13+,26-10+. The van der Waals surface area contributed by atoms with Gasteiger partial charge < -0.3 is 9.80 Å². The normalized spacial score (nSPS) is 18.9. The van der Waals surface area contributed by atoms with Crippen LogP contribution in [-0.2, 0) is 27.8 Å². The molecule has 2 aliphatic rings. The zero-order chi connectivity index (χ0) is 30.8. The molecule has 1 saturated heterocycles. The molecule has 2 aliphatic heterocycles. The number of halogens is 2. The fourth-order valence-electron chi connectivity index (χ4n) is 5.35. The number of pyridine rings is 1. The van der Waals surface area contributed by atoms with E-state index >= 15 is 4.39 Å². The first-order valence-corrected chi connectivity index (χ1v) is 15.6. The summed E-state index contributed by atoms with van der Waals surface area (Å²) in [4.78, 5) is 20.5. The van der Waals surface area contributed by atoms with Crippen LogP contribution in [0.15, 0.2) is 72.0 Å². The van der Waals surface area contributed by atoms with E-state index in [1.807, 2.05) is 43.9 Å². The fourth-order valence-corrected chi connectivity index (χ4v) is 6.93. The van der Waals surface area contributed by atoms with Crippen molar-refractivity contribution in [2.24, 2.45) is 4.40 Å². The Kier molecular flexibility index (Phi) is 9.37. The first kappa shape index (κ1) is 31.2. The van der Waals surface area contributed by atoms with Crippen molar-refractivity contribution in [2.45, 2.75) is 46.6 Å². The van der Waals surface area contributed by atoms with Crippen molar-refractivity contribution >= 4 is 50.6 Å². The Morgan fingerprint density at radius 2 is 1.86 bits per heavy atom. The van der Waals surface area contributed by atoms with Gasteiger partial charge in [-0.25, -0.2) is 13.7 Å². The van der Waals surface area contributed by atoms with Crippen LogP contribution in [0.25, 0.3) is 5.57 Å². The number of para-hydroxylation sites is 1. The average molecular weight is 612 g/mol. The predicted octanol–water partition coefficient (Wildman–Crippen LogP) is 6.16. The number of aromatic nitrogens is 1. The number of benzene rings is 1. The SMILES string of the molecule is C=C/C=C(\C(F)=C/C)c1nc2c(cc1Cl)C(N1CCN(C(=O)C=C)CC1C)=NS(=O)(=O)N2c1c(CC)cccc1CC. The molecule has 1 atom stereocenters. The topological polar surface area (TPSA) is 86.2 Å². The van der Waals surface area contributed by atoms with E-state index in [4.69, 9.17) is 16.6 Å². The van der Waals surface area contributed by atoms with Gasteiger partial charge in [0.2, 0.25) is 5.91 Å². The zero-order valence-electron chi connectivity index (χ0n) is 24.3. The summed E-state index contributed by atoms with van der Waals surface area (Å²) < 4.78 is 48.9. The molecule has 1 unspecified atom stereocenters. The summed E-state index contributed by atoms with van der Waals surface area (Å²) in [6.07, 6.45) is 6.53. The number of fused-ring (bicyclic) bond motifs is 1. The smallest absolute Gasteiger partial charge is 0.349 e. The van der Waals surface area contributed by atoms with E-state index in [2.05, 4.69) is 17.6 Å². The summed E-state index contributed by atoms with van der Waals surface area (Å²) in [7, 11) is -4.38. The van der Waals surface area contributed by atoms with Crippen LogP contribution < -0.4 is 4.31 Å². The maximum Gasteiger partial charge on any atom is 0.352 e. The highest BCUT2D eigenvalue weighted by Gasteiger charge is 2.41. The number of amides is 1. The Morgan fingerprint density at radius 3 is 2.40 bits per heavy atom. The minimum atomic E-state index is -4.38. The van der Waals surface area contributed by atoms with E-state index < -0.39 is 16.0 Å². The lowest BCUT2D eigenvalue weighted by Gasteiger charge is -2.43. The van der Waals surface area contributed by atoms with Crippen molar-refractivity contribution in [3.63, 3.8) is 0 Å². The number of hydrogen-bond donors (Lipinski definition) is 0. The van der Waals surface area contributed by atoms with E-state index in [-0.39, 0.29) is 39.9 Å². The maximum absolute atomic E-state index is 15.1. The molecule has 1 fully saturated rings. The molecule has 1 aromatic heterocycles. The lowest BCUT2D eigenvalue weighted by atomic mass is 10.0. The second-order valence-electron chi connectivity index (χ2n) is 9.96. The van der Waals surface area contributed by atoms with Crippen LogP contribution in [0, 0.1) is 0 Å². The Morgan fingerprint density at radius 1 is 1.19 bits per heavy atom. The van der Waals surface area contributed by atoms with Crippen molar-refractivity contribution in [3.05, 3.63) is 95.0 Å². The quantitative estimate of drug-likeness (QED) is 0.276. The van der Waals surface area contributed by atoms with Crippen LogP contribution in [-0.4, -0.2) is 60.6 Å². The van der Waals surface area contributed by atoms with Gasteiger partial charge >= 0.3 is 10.2 Å². The van der Waals surface area contributed by atoms with Crippen molar-refractivity contribution in [1.82, 2.24) is 14.8 Å². The fraction of sp³-hybridized carbons (Fsp3) is 0.323. The van der Waals surface area contributed by atoms with Gasteiger partial charge in [-0.1, -0.05) is 75.0 Å². The van der Waals surface area contributed by atoms with Crippen LogP contribution in [0.1, 0.15) is 50.1 Å². The van der Waals surface area contributed by atoms with Crippen LogP contribution in [0.2, 0.25) is 5.02 Å². The van der Waals surface area contributed by atoms with Crippen LogP contribution in [0.3, 0.4) is 0 Å². The number of hydrogen-bond acceptors (Lipinski definition) is 5. The lowest BCUT2D eigenvalue weighted by molar-refractivity contribution is -0.128. The molecule has 42 heavy (non-hydrogen) atoms.